The van der Waals surface area contributed by atoms with Gasteiger partial charge in [0.1, 0.15) is 0 Å². The van der Waals surface area contributed by atoms with E-state index >= 15 is 0 Å². The zero-order chi connectivity index (χ0) is 37.0. The maximum Gasteiger partial charge on any atom is 0.164 e. The number of fused-ring (bicyclic) bond motifs is 6. The van der Waals surface area contributed by atoms with Crippen LogP contribution in [0.5, 0.6) is 0 Å². The topological polar surface area (TPSA) is 61.4 Å². The Kier molecular flexibility index (Phi) is 7.38. The molecule has 7 aromatic carbocycles. The van der Waals surface area contributed by atoms with Crippen molar-refractivity contribution in [3.63, 3.8) is 0 Å². The first-order chi connectivity index (χ1) is 27.8. The minimum atomic E-state index is 0.598. The molecule has 0 spiro atoms. The van der Waals surface area contributed by atoms with Crippen molar-refractivity contribution in [3.05, 3.63) is 194 Å². The summed E-state index contributed by atoms with van der Waals surface area (Å²) in [7, 11) is 0. The molecule has 0 atom stereocenters. The molecule has 6 heteroatoms. The van der Waals surface area contributed by atoms with Crippen LogP contribution in [0.15, 0.2) is 194 Å². The van der Waals surface area contributed by atoms with Gasteiger partial charge in [-0.25, -0.2) is 15.0 Å². The first-order valence-electron chi connectivity index (χ1n) is 18.7. The van der Waals surface area contributed by atoms with E-state index in [0.717, 1.165) is 50.2 Å². The van der Waals surface area contributed by atoms with Gasteiger partial charge in [-0.1, -0.05) is 121 Å². The minimum Gasteiger partial charge on any atom is -0.309 e. The van der Waals surface area contributed by atoms with Crippen LogP contribution in [0, 0.1) is 0 Å². The molecule has 0 amide bonds. The van der Waals surface area contributed by atoms with E-state index in [1.165, 1.54) is 32.6 Å². The molecule has 0 bridgehead atoms. The highest BCUT2D eigenvalue weighted by molar-refractivity contribution is 6.12. The third kappa shape index (κ3) is 5.19. The van der Waals surface area contributed by atoms with Crippen molar-refractivity contribution in [1.82, 2.24) is 29.1 Å². The Morgan fingerprint density at radius 3 is 1.32 bits per heavy atom. The summed E-state index contributed by atoms with van der Waals surface area (Å²) in [6, 6.07) is 63.7. The molecule has 0 aliphatic heterocycles. The fraction of sp³-hybridized carbons (Fsp3) is 0. The number of hydrogen-bond donors (Lipinski definition) is 0. The molecule has 262 valence electrons. The Morgan fingerprint density at radius 1 is 0.304 bits per heavy atom. The summed E-state index contributed by atoms with van der Waals surface area (Å²) in [6.45, 7) is 0. The Morgan fingerprint density at radius 2 is 0.750 bits per heavy atom. The van der Waals surface area contributed by atoms with Crippen LogP contribution in [-0.4, -0.2) is 29.1 Å². The molecule has 0 N–H and O–H groups in total. The Labute approximate surface area is 322 Å². The van der Waals surface area contributed by atoms with Crippen molar-refractivity contribution in [2.24, 2.45) is 0 Å². The maximum atomic E-state index is 5.17. The molecule has 0 saturated heterocycles. The molecule has 4 heterocycles. The number of hydrogen-bond acceptors (Lipinski definition) is 4. The highest BCUT2D eigenvalue weighted by Crippen LogP contribution is 2.39. The Balaban J connectivity index is 1.15. The predicted octanol–water partition coefficient (Wildman–Crippen LogP) is 12.1. The minimum absolute atomic E-state index is 0.598. The van der Waals surface area contributed by atoms with Gasteiger partial charge >= 0.3 is 0 Å². The lowest BCUT2D eigenvalue weighted by atomic mass is 9.99. The fourth-order valence-corrected chi connectivity index (χ4v) is 8.15. The van der Waals surface area contributed by atoms with Crippen LogP contribution in [-0.2, 0) is 0 Å². The first kappa shape index (κ1) is 31.8. The van der Waals surface area contributed by atoms with E-state index in [0.29, 0.717) is 17.5 Å². The highest BCUT2D eigenvalue weighted by atomic mass is 15.0. The third-order valence-corrected chi connectivity index (χ3v) is 10.7. The summed E-state index contributed by atoms with van der Waals surface area (Å²) in [4.78, 5) is 19.6. The summed E-state index contributed by atoms with van der Waals surface area (Å²) >= 11 is 0. The lowest BCUT2D eigenvalue weighted by molar-refractivity contribution is 1.07. The molecule has 0 fully saturated rings. The highest BCUT2D eigenvalue weighted by Gasteiger charge is 2.20. The smallest absolute Gasteiger partial charge is 0.164 e. The molecule has 11 rings (SSSR count). The molecular formula is C50H32N6. The van der Waals surface area contributed by atoms with Gasteiger partial charge in [0.15, 0.2) is 17.5 Å². The van der Waals surface area contributed by atoms with Gasteiger partial charge in [-0.15, -0.1) is 0 Å². The fourth-order valence-electron chi connectivity index (χ4n) is 8.15. The maximum absolute atomic E-state index is 5.17. The zero-order valence-corrected chi connectivity index (χ0v) is 30.2. The van der Waals surface area contributed by atoms with Gasteiger partial charge in [0.25, 0.3) is 0 Å². The molecule has 0 saturated carbocycles. The van der Waals surface area contributed by atoms with Crippen LogP contribution in [0.3, 0.4) is 0 Å². The van der Waals surface area contributed by atoms with E-state index in [1.807, 2.05) is 85.2 Å². The molecule has 0 unspecified atom stereocenters. The lowest BCUT2D eigenvalue weighted by Crippen LogP contribution is -2.02. The summed E-state index contributed by atoms with van der Waals surface area (Å²) in [5, 5.41) is 4.86. The SMILES string of the molecule is c1ccc(-c2nc(-c3ccccc3)nc(-c3cc(-n4c5ccccc5c5cc(-n6c7ccccc7c7ccccc76)ccc54)ccc3-c3ccncc3)n2)cc1. The van der Waals surface area contributed by atoms with E-state index in [4.69, 9.17) is 15.0 Å². The van der Waals surface area contributed by atoms with E-state index in [-0.39, 0.29) is 0 Å². The van der Waals surface area contributed by atoms with Gasteiger partial charge in [-0.3, -0.25) is 4.98 Å². The second-order valence-corrected chi connectivity index (χ2v) is 13.9. The number of para-hydroxylation sites is 3. The van der Waals surface area contributed by atoms with E-state index < -0.39 is 0 Å². The van der Waals surface area contributed by atoms with Gasteiger partial charge in [0.2, 0.25) is 0 Å². The summed E-state index contributed by atoms with van der Waals surface area (Å²) < 4.78 is 4.74. The van der Waals surface area contributed by atoms with Crippen LogP contribution in [0.4, 0.5) is 0 Å². The number of pyridine rings is 1. The standard InChI is InChI=1S/C50H32N6/c1-3-13-34(14-4-1)48-52-49(35-15-5-2-6-16-35)54-50(53-48)43-32-36(23-25-38(43)33-27-29-51-30-28-33)56-46-22-12-9-19-41(46)42-31-37(24-26-47(42)56)55-44-20-10-7-17-39(44)40-18-8-11-21-45(40)55/h1-32H. The van der Waals surface area contributed by atoms with Gasteiger partial charge in [-0.2, -0.15) is 0 Å². The molecule has 0 aliphatic rings. The molecule has 0 radical (unpaired) electrons. The van der Waals surface area contributed by atoms with Crippen LogP contribution < -0.4 is 0 Å². The van der Waals surface area contributed by atoms with Gasteiger partial charge in [0.05, 0.1) is 22.1 Å². The Bertz CT molecular complexity index is 3130. The molecule has 0 aliphatic carbocycles. The lowest BCUT2D eigenvalue weighted by Gasteiger charge is -2.15. The van der Waals surface area contributed by atoms with Crippen molar-refractivity contribution in [1.29, 1.82) is 0 Å². The van der Waals surface area contributed by atoms with Crippen LogP contribution >= 0.6 is 0 Å². The van der Waals surface area contributed by atoms with Crippen molar-refractivity contribution in [3.8, 4) is 56.7 Å². The van der Waals surface area contributed by atoms with Crippen molar-refractivity contribution >= 4 is 43.6 Å². The quantitative estimate of drug-likeness (QED) is 0.172. The van der Waals surface area contributed by atoms with Crippen LogP contribution in [0.25, 0.3) is 100 Å². The van der Waals surface area contributed by atoms with Gasteiger partial charge < -0.3 is 9.13 Å². The van der Waals surface area contributed by atoms with Crippen LogP contribution in [0.1, 0.15) is 0 Å². The number of aromatic nitrogens is 6. The Hall–Kier alpha value is -7.70. The average Bonchev–Trinajstić information content (AvgIpc) is 3.79. The monoisotopic (exact) mass is 716 g/mol. The second-order valence-electron chi connectivity index (χ2n) is 13.9. The number of nitrogens with zero attached hydrogens (tertiary/aromatic N) is 6. The molecular weight excluding hydrogens is 685 g/mol. The van der Waals surface area contributed by atoms with Gasteiger partial charge in [0, 0.05) is 62.0 Å². The molecule has 4 aromatic heterocycles. The third-order valence-electron chi connectivity index (χ3n) is 10.7. The number of rotatable bonds is 6. The van der Waals surface area contributed by atoms with Gasteiger partial charge in [-0.05, 0) is 71.8 Å². The zero-order valence-electron chi connectivity index (χ0n) is 30.2. The summed E-state index contributed by atoms with van der Waals surface area (Å²) in [5.41, 5.74) is 11.5. The first-order valence-corrected chi connectivity index (χ1v) is 18.7. The summed E-state index contributed by atoms with van der Waals surface area (Å²) in [6.07, 6.45) is 3.65. The van der Waals surface area contributed by atoms with Crippen molar-refractivity contribution in [2.45, 2.75) is 0 Å². The van der Waals surface area contributed by atoms with E-state index in [9.17, 15) is 0 Å². The molecule has 11 aromatic rings. The van der Waals surface area contributed by atoms with Crippen molar-refractivity contribution in [2.75, 3.05) is 0 Å². The normalized spacial score (nSPS) is 11.6. The predicted molar refractivity (Wildman–Crippen MR) is 228 cm³/mol. The molecule has 56 heavy (non-hydrogen) atoms. The van der Waals surface area contributed by atoms with Crippen LogP contribution in [0.2, 0.25) is 0 Å². The largest absolute Gasteiger partial charge is 0.309 e. The number of benzene rings is 7. The molecule has 6 nitrogen and oxygen atoms in total. The second kappa shape index (κ2) is 13.0. The van der Waals surface area contributed by atoms with Crippen molar-refractivity contribution < 1.29 is 0 Å². The average molecular weight is 717 g/mol. The van der Waals surface area contributed by atoms with E-state index in [2.05, 4.69) is 123 Å². The van der Waals surface area contributed by atoms with E-state index in [1.54, 1.807) is 0 Å². The summed E-state index contributed by atoms with van der Waals surface area (Å²) in [5.74, 6) is 1.84.